The second kappa shape index (κ2) is 6.12. The molecule has 0 aromatic carbocycles. The van der Waals surface area contributed by atoms with Crippen LogP contribution in [0.2, 0.25) is 0 Å². The number of carbonyl (C=O) groups is 1. The molecular weight excluding hydrogens is 322 g/mol. The lowest BCUT2D eigenvalue weighted by Crippen LogP contribution is -2.44. The van der Waals surface area contributed by atoms with Crippen LogP contribution in [0.4, 0.5) is 5.82 Å². The standard InChI is InChI=1S/C17H23N5OS/c1-10-9-13(18-5)21-16(19-10)17(4)7-6-8-22(17)15(23)14-11(2)24-12(3)20-14/h9H,6-8H2,1-5H3,(H,18,19,21). The van der Waals surface area contributed by atoms with Crippen LogP contribution < -0.4 is 5.32 Å². The third-order valence-electron chi connectivity index (χ3n) is 4.58. The molecule has 1 atom stereocenters. The highest BCUT2D eigenvalue weighted by atomic mass is 32.1. The summed E-state index contributed by atoms with van der Waals surface area (Å²) in [5.41, 5.74) is 0.955. The van der Waals surface area contributed by atoms with E-state index < -0.39 is 5.54 Å². The van der Waals surface area contributed by atoms with Crippen molar-refractivity contribution in [2.45, 2.75) is 46.1 Å². The number of thiazole rings is 1. The van der Waals surface area contributed by atoms with Crippen molar-refractivity contribution in [2.24, 2.45) is 0 Å². The number of aryl methyl sites for hydroxylation is 3. The van der Waals surface area contributed by atoms with Gasteiger partial charge in [0.05, 0.1) is 5.01 Å². The van der Waals surface area contributed by atoms with E-state index in [2.05, 4.69) is 27.2 Å². The zero-order valence-corrected chi connectivity index (χ0v) is 15.6. The fourth-order valence-electron chi connectivity index (χ4n) is 3.31. The number of carbonyl (C=O) groups excluding carboxylic acids is 1. The zero-order chi connectivity index (χ0) is 17.5. The second-order valence-electron chi connectivity index (χ2n) is 6.44. The van der Waals surface area contributed by atoms with Crippen LogP contribution in [0.1, 0.15) is 51.7 Å². The Hall–Kier alpha value is -2.02. The van der Waals surface area contributed by atoms with Crippen LogP contribution in [0.15, 0.2) is 6.07 Å². The van der Waals surface area contributed by atoms with E-state index in [0.717, 1.165) is 34.2 Å². The molecule has 24 heavy (non-hydrogen) atoms. The van der Waals surface area contributed by atoms with Gasteiger partial charge in [-0.15, -0.1) is 11.3 Å². The monoisotopic (exact) mass is 345 g/mol. The third-order valence-corrected chi connectivity index (χ3v) is 5.47. The molecule has 1 fully saturated rings. The fourth-order valence-corrected chi connectivity index (χ4v) is 4.12. The van der Waals surface area contributed by atoms with Gasteiger partial charge in [-0.2, -0.15) is 0 Å². The first-order chi connectivity index (χ1) is 11.3. The highest BCUT2D eigenvalue weighted by Crippen LogP contribution is 2.38. The first-order valence-corrected chi connectivity index (χ1v) is 8.96. The molecule has 2 aromatic rings. The van der Waals surface area contributed by atoms with Crippen molar-refractivity contribution in [3.8, 4) is 0 Å². The van der Waals surface area contributed by atoms with E-state index in [1.54, 1.807) is 11.3 Å². The van der Waals surface area contributed by atoms with Crippen LogP contribution in [0.3, 0.4) is 0 Å². The van der Waals surface area contributed by atoms with Gasteiger partial charge >= 0.3 is 0 Å². The minimum Gasteiger partial charge on any atom is -0.373 e. The summed E-state index contributed by atoms with van der Waals surface area (Å²) in [6.07, 6.45) is 1.80. The zero-order valence-electron chi connectivity index (χ0n) is 14.8. The van der Waals surface area contributed by atoms with E-state index >= 15 is 0 Å². The SMILES string of the molecule is CNc1cc(C)nc(C2(C)CCCN2C(=O)c2nc(C)sc2C)n1. The molecule has 1 aliphatic heterocycles. The van der Waals surface area contributed by atoms with Gasteiger partial charge in [0.1, 0.15) is 17.1 Å². The Labute approximate surface area is 146 Å². The van der Waals surface area contributed by atoms with Gasteiger partial charge in [0.2, 0.25) is 0 Å². The summed E-state index contributed by atoms with van der Waals surface area (Å²) in [6.45, 7) is 8.59. The van der Waals surface area contributed by atoms with Crippen LogP contribution in [-0.2, 0) is 5.54 Å². The van der Waals surface area contributed by atoms with Crippen LogP contribution in [-0.4, -0.2) is 39.4 Å². The molecule has 1 unspecified atom stereocenters. The molecule has 1 saturated heterocycles. The Morgan fingerprint density at radius 1 is 1.29 bits per heavy atom. The predicted molar refractivity (Wildman–Crippen MR) is 95.5 cm³/mol. The molecule has 1 amide bonds. The van der Waals surface area contributed by atoms with Crippen molar-refractivity contribution < 1.29 is 4.79 Å². The Balaban J connectivity index is 2.01. The lowest BCUT2D eigenvalue weighted by molar-refractivity contribution is 0.0597. The summed E-state index contributed by atoms with van der Waals surface area (Å²) in [7, 11) is 1.84. The maximum Gasteiger partial charge on any atom is 0.274 e. The molecule has 0 saturated carbocycles. The van der Waals surface area contributed by atoms with Crippen LogP contribution in [0.25, 0.3) is 0 Å². The molecule has 0 bridgehead atoms. The lowest BCUT2D eigenvalue weighted by Gasteiger charge is -2.34. The average Bonchev–Trinajstić information content (AvgIpc) is 3.09. The maximum absolute atomic E-state index is 13.1. The van der Waals surface area contributed by atoms with Crippen molar-refractivity contribution >= 4 is 23.1 Å². The fraction of sp³-hybridized carbons (Fsp3) is 0.529. The van der Waals surface area contributed by atoms with Gasteiger partial charge in [0, 0.05) is 30.2 Å². The molecule has 1 aliphatic rings. The van der Waals surface area contributed by atoms with E-state index in [9.17, 15) is 4.79 Å². The third kappa shape index (κ3) is 2.77. The first-order valence-electron chi connectivity index (χ1n) is 8.15. The average molecular weight is 345 g/mol. The number of amides is 1. The smallest absolute Gasteiger partial charge is 0.274 e. The second-order valence-corrected chi connectivity index (χ2v) is 7.85. The van der Waals surface area contributed by atoms with E-state index in [0.29, 0.717) is 18.1 Å². The largest absolute Gasteiger partial charge is 0.373 e. The van der Waals surface area contributed by atoms with Crippen LogP contribution >= 0.6 is 11.3 Å². The quantitative estimate of drug-likeness (QED) is 0.926. The number of hydrogen-bond acceptors (Lipinski definition) is 6. The summed E-state index contributed by atoms with van der Waals surface area (Å²) in [5, 5.41) is 3.99. The molecule has 6 nitrogen and oxygen atoms in total. The minimum atomic E-state index is -0.501. The number of aromatic nitrogens is 3. The highest BCUT2D eigenvalue weighted by Gasteiger charge is 2.44. The number of nitrogens with zero attached hydrogens (tertiary/aromatic N) is 4. The molecule has 128 valence electrons. The lowest BCUT2D eigenvalue weighted by atomic mass is 9.97. The number of likely N-dealkylation sites (tertiary alicyclic amines) is 1. The molecular formula is C17H23N5OS. The number of nitrogens with one attached hydrogen (secondary N) is 1. The van der Waals surface area contributed by atoms with E-state index in [1.807, 2.05) is 38.8 Å². The van der Waals surface area contributed by atoms with Gasteiger partial charge < -0.3 is 10.2 Å². The van der Waals surface area contributed by atoms with Gasteiger partial charge in [-0.3, -0.25) is 4.79 Å². The van der Waals surface area contributed by atoms with Gasteiger partial charge in [0.25, 0.3) is 5.91 Å². The Morgan fingerprint density at radius 3 is 2.67 bits per heavy atom. The molecule has 0 radical (unpaired) electrons. The molecule has 2 aromatic heterocycles. The number of hydrogen-bond donors (Lipinski definition) is 1. The topological polar surface area (TPSA) is 71.0 Å². The highest BCUT2D eigenvalue weighted by molar-refractivity contribution is 7.11. The summed E-state index contributed by atoms with van der Waals surface area (Å²) >= 11 is 1.56. The first kappa shape index (κ1) is 16.8. The summed E-state index contributed by atoms with van der Waals surface area (Å²) in [4.78, 5) is 29.7. The van der Waals surface area contributed by atoms with E-state index in [1.165, 1.54) is 0 Å². The molecule has 0 aliphatic carbocycles. The molecule has 3 heterocycles. The van der Waals surface area contributed by atoms with Crippen molar-refractivity contribution in [1.29, 1.82) is 0 Å². The van der Waals surface area contributed by atoms with Crippen LogP contribution in [0.5, 0.6) is 0 Å². The normalized spacial score (nSPS) is 20.5. The summed E-state index contributed by atoms with van der Waals surface area (Å²) in [6, 6.07) is 1.90. The maximum atomic E-state index is 13.1. The molecule has 7 heteroatoms. The van der Waals surface area contributed by atoms with E-state index in [-0.39, 0.29) is 5.91 Å². The summed E-state index contributed by atoms with van der Waals surface area (Å²) < 4.78 is 0. The Kier molecular flexibility index (Phi) is 4.29. The van der Waals surface area contributed by atoms with Gasteiger partial charge in [-0.1, -0.05) is 0 Å². The van der Waals surface area contributed by atoms with Gasteiger partial charge in [0.15, 0.2) is 5.82 Å². The van der Waals surface area contributed by atoms with Crippen molar-refractivity contribution in [3.63, 3.8) is 0 Å². The minimum absolute atomic E-state index is 0.0204. The molecule has 0 spiro atoms. The molecule has 1 N–H and O–H groups in total. The Bertz CT molecular complexity index is 787. The summed E-state index contributed by atoms with van der Waals surface area (Å²) in [5.74, 6) is 1.45. The van der Waals surface area contributed by atoms with Crippen molar-refractivity contribution in [1.82, 2.24) is 19.9 Å². The Morgan fingerprint density at radius 2 is 2.04 bits per heavy atom. The van der Waals surface area contributed by atoms with Crippen LogP contribution in [0, 0.1) is 20.8 Å². The predicted octanol–water partition coefficient (Wildman–Crippen LogP) is 3.05. The number of rotatable bonds is 3. The van der Waals surface area contributed by atoms with Gasteiger partial charge in [-0.05, 0) is 40.5 Å². The number of anilines is 1. The van der Waals surface area contributed by atoms with E-state index in [4.69, 9.17) is 0 Å². The van der Waals surface area contributed by atoms with Crippen molar-refractivity contribution in [2.75, 3.05) is 18.9 Å². The molecule has 3 rings (SSSR count). The van der Waals surface area contributed by atoms with Crippen molar-refractivity contribution in [3.05, 3.63) is 33.2 Å². The van der Waals surface area contributed by atoms with Gasteiger partial charge in [-0.25, -0.2) is 15.0 Å².